The lowest BCUT2D eigenvalue weighted by Gasteiger charge is -2.08. The Bertz CT molecular complexity index is 1060. The third kappa shape index (κ3) is 4.22. The smallest absolute Gasteiger partial charge is 0.340 e. The van der Waals surface area contributed by atoms with Crippen molar-refractivity contribution >= 4 is 34.9 Å². The molecule has 1 aliphatic rings. The Hall–Kier alpha value is -2.39. The number of Topliss-reactive ketones (excluding diaryl/α,β-unsaturated/α-hetero) is 1. The molecule has 1 N–H and O–H groups in total. The molecule has 0 bridgehead atoms. The molecule has 3 aromatic heterocycles. The zero-order valence-corrected chi connectivity index (χ0v) is 18.9. The van der Waals surface area contributed by atoms with E-state index >= 15 is 0 Å². The number of aromatic nitrogens is 4. The molecule has 0 aromatic carbocycles. The highest BCUT2D eigenvalue weighted by molar-refractivity contribution is 7.99. The van der Waals surface area contributed by atoms with Crippen molar-refractivity contribution in [2.75, 3.05) is 12.4 Å². The lowest BCUT2D eigenvalue weighted by molar-refractivity contribution is 0.0525. The minimum atomic E-state index is -0.401. The molecule has 30 heavy (non-hydrogen) atoms. The van der Waals surface area contributed by atoms with Crippen LogP contribution in [-0.4, -0.2) is 43.9 Å². The molecule has 0 atom stereocenters. The van der Waals surface area contributed by atoms with E-state index in [1.165, 1.54) is 16.6 Å². The van der Waals surface area contributed by atoms with Gasteiger partial charge in [0.1, 0.15) is 5.82 Å². The predicted molar refractivity (Wildman–Crippen MR) is 117 cm³/mol. The summed E-state index contributed by atoms with van der Waals surface area (Å²) in [6, 6.07) is 4.57. The number of ketones is 1. The number of hydrogen-bond acceptors (Lipinski definition) is 7. The van der Waals surface area contributed by atoms with Crippen LogP contribution in [0.5, 0.6) is 0 Å². The van der Waals surface area contributed by atoms with E-state index in [1.807, 2.05) is 6.07 Å². The van der Waals surface area contributed by atoms with E-state index in [1.54, 1.807) is 32.1 Å². The summed E-state index contributed by atoms with van der Waals surface area (Å²) in [4.78, 5) is 29.4. The molecule has 3 aromatic rings. The number of nitrogens with one attached hydrogen (secondary N) is 1. The lowest BCUT2D eigenvalue weighted by atomic mass is 10.1. The van der Waals surface area contributed by atoms with Crippen molar-refractivity contribution in [2.24, 2.45) is 0 Å². The van der Waals surface area contributed by atoms with Gasteiger partial charge in [-0.1, -0.05) is 17.8 Å². The zero-order valence-electron chi connectivity index (χ0n) is 17.2. The molecule has 0 amide bonds. The van der Waals surface area contributed by atoms with Crippen molar-refractivity contribution in [2.45, 2.75) is 51.2 Å². The summed E-state index contributed by atoms with van der Waals surface area (Å²) in [5, 5.41) is 11.6. The SMILES string of the molecule is CCOC(=O)c1c(C)[nH]c(C(=O)CSc2nnc(Cc3cccs3)n2C2CC2)c1C. The molecule has 3 heterocycles. The molecule has 1 aliphatic carbocycles. The number of thioether (sulfide) groups is 1. The first-order chi connectivity index (χ1) is 14.5. The Morgan fingerprint density at radius 1 is 1.33 bits per heavy atom. The predicted octanol–water partition coefficient (Wildman–Crippen LogP) is 4.36. The number of rotatable bonds is 9. The molecular weight excluding hydrogens is 420 g/mol. The summed E-state index contributed by atoms with van der Waals surface area (Å²) in [6.07, 6.45) is 3.00. The van der Waals surface area contributed by atoms with Crippen molar-refractivity contribution in [3.05, 3.63) is 50.7 Å². The Labute approximate surface area is 183 Å². The molecule has 0 spiro atoms. The molecule has 9 heteroatoms. The van der Waals surface area contributed by atoms with Crippen LogP contribution in [0.25, 0.3) is 0 Å². The van der Waals surface area contributed by atoms with Crippen LogP contribution >= 0.6 is 23.1 Å². The molecule has 0 aliphatic heterocycles. The molecular formula is C21H24N4O3S2. The average Bonchev–Trinajstić information content (AvgIpc) is 3.13. The minimum Gasteiger partial charge on any atom is -0.462 e. The quantitative estimate of drug-likeness (QED) is 0.300. The van der Waals surface area contributed by atoms with Crippen LogP contribution < -0.4 is 0 Å². The van der Waals surface area contributed by atoms with Crippen LogP contribution in [0.15, 0.2) is 22.7 Å². The van der Waals surface area contributed by atoms with Crippen molar-refractivity contribution < 1.29 is 14.3 Å². The third-order valence-electron chi connectivity index (χ3n) is 5.09. The van der Waals surface area contributed by atoms with Gasteiger partial charge < -0.3 is 14.3 Å². The van der Waals surface area contributed by atoms with Crippen LogP contribution in [-0.2, 0) is 11.2 Å². The van der Waals surface area contributed by atoms with Gasteiger partial charge in [0.25, 0.3) is 0 Å². The van der Waals surface area contributed by atoms with Crippen molar-refractivity contribution in [3.8, 4) is 0 Å². The van der Waals surface area contributed by atoms with Gasteiger partial charge in [-0.2, -0.15) is 0 Å². The first kappa shape index (κ1) is 20.9. The number of thiophene rings is 1. The van der Waals surface area contributed by atoms with E-state index in [0.717, 1.165) is 30.2 Å². The van der Waals surface area contributed by atoms with Gasteiger partial charge in [0, 0.05) is 23.0 Å². The summed E-state index contributed by atoms with van der Waals surface area (Å²) in [5.74, 6) is 0.710. The number of aryl methyl sites for hydroxylation is 1. The van der Waals surface area contributed by atoms with Gasteiger partial charge in [-0.05, 0) is 50.6 Å². The summed E-state index contributed by atoms with van der Waals surface area (Å²) >= 11 is 3.11. The van der Waals surface area contributed by atoms with E-state index in [2.05, 4.69) is 31.2 Å². The van der Waals surface area contributed by atoms with Gasteiger partial charge in [0.2, 0.25) is 0 Å². The normalized spacial score (nSPS) is 13.6. The Kier molecular flexibility index (Phi) is 6.10. The van der Waals surface area contributed by atoms with Crippen molar-refractivity contribution in [3.63, 3.8) is 0 Å². The first-order valence-electron chi connectivity index (χ1n) is 9.98. The molecule has 4 rings (SSSR count). The fraction of sp³-hybridized carbons (Fsp3) is 0.429. The zero-order chi connectivity index (χ0) is 21.3. The molecule has 1 saturated carbocycles. The molecule has 0 saturated heterocycles. The maximum absolute atomic E-state index is 12.9. The van der Waals surface area contributed by atoms with Crippen LogP contribution in [0.3, 0.4) is 0 Å². The largest absolute Gasteiger partial charge is 0.462 e. The standard InChI is InChI=1S/C21H24N4O3S2/c1-4-28-20(27)18-12(2)19(22-13(18)3)16(26)11-30-21-24-23-17(25(21)14-7-8-14)10-15-6-5-9-29-15/h5-6,9,14,22H,4,7-8,10-11H2,1-3H3. The Balaban J connectivity index is 1.49. The molecule has 0 unspecified atom stereocenters. The van der Waals surface area contributed by atoms with Gasteiger partial charge in [-0.3, -0.25) is 4.79 Å². The first-order valence-corrected chi connectivity index (χ1v) is 11.8. The number of hydrogen-bond donors (Lipinski definition) is 1. The van der Waals surface area contributed by atoms with E-state index in [-0.39, 0.29) is 11.5 Å². The number of esters is 1. The summed E-state index contributed by atoms with van der Waals surface area (Å²) in [5.41, 5.74) is 2.20. The maximum Gasteiger partial charge on any atom is 0.340 e. The van der Waals surface area contributed by atoms with Gasteiger partial charge in [0.15, 0.2) is 10.9 Å². The fourth-order valence-electron chi connectivity index (χ4n) is 3.54. The van der Waals surface area contributed by atoms with E-state index in [4.69, 9.17) is 4.74 Å². The summed E-state index contributed by atoms with van der Waals surface area (Å²) < 4.78 is 7.30. The van der Waals surface area contributed by atoms with Crippen LogP contribution in [0.2, 0.25) is 0 Å². The monoisotopic (exact) mass is 444 g/mol. The maximum atomic E-state index is 12.9. The number of aromatic amines is 1. The minimum absolute atomic E-state index is 0.0682. The summed E-state index contributed by atoms with van der Waals surface area (Å²) in [7, 11) is 0. The molecule has 7 nitrogen and oxygen atoms in total. The second kappa shape index (κ2) is 8.77. The van der Waals surface area contributed by atoms with E-state index in [0.29, 0.717) is 35.2 Å². The number of ether oxygens (including phenoxy) is 1. The number of carbonyl (C=O) groups excluding carboxylic acids is 2. The topological polar surface area (TPSA) is 89.9 Å². The van der Waals surface area contributed by atoms with Crippen molar-refractivity contribution in [1.82, 2.24) is 19.7 Å². The molecule has 158 valence electrons. The third-order valence-corrected chi connectivity index (χ3v) is 6.91. The Morgan fingerprint density at radius 2 is 2.13 bits per heavy atom. The lowest BCUT2D eigenvalue weighted by Crippen LogP contribution is -2.09. The second-order valence-electron chi connectivity index (χ2n) is 7.31. The summed E-state index contributed by atoms with van der Waals surface area (Å²) in [6.45, 7) is 5.62. The molecule has 1 fully saturated rings. The van der Waals surface area contributed by atoms with Gasteiger partial charge in [-0.15, -0.1) is 21.5 Å². The molecule has 0 radical (unpaired) electrons. The van der Waals surface area contributed by atoms with Crippen molar-refractivity contribution in [1.29, 1.82) is 0 Å². The van der Waals surface area contributed by atoms with Gasteiger partial charge in [0.05, 0.1) is 23.6 Å². The van der Waals surface area contributed by atoms with Crippen LogP contribution in [0.4, 0.5) is 0 Å². The highest BCUT2D eigenvalue weighted by atomic mass is 32.2. The van der Waals surface area contributed by atoms with Gasteiger partial charge in [-0.25, -0.2) is 4.79 Å². The highest BCUT2D eigenvalue weighted by Crippen LogP contribution is 2.39. The average molecular weight is 445 g/mol. The highest BCUT2D eigenvalue weighted by Gasteiger charge is 2.30. The Morgan fingerprint density at radius 3 is 2.80 bits per heavy atom. The van der Waals surface area contributed by atoms with E-state index in [9.17, 15) is 9.59 Å². The number of carbonyl (C=O) groups is 2. The van der Waals surface area contributed by atoms with Crippen LogP contribution in [0.1, 0.15) is 68.6 Å². The second-order valence-corrected chi connectivity index (χ2v) is 9.29. The van der Waals surface area contributed by atoms with Crippen LogP contribution in [0, 0.1) is 13.8 Å². The fourth-order valence-corrected chi connectivity index (χ4v) is 5.13. The number of H-pyrrole nitrogens is 1. The van der Waals surface area contributed by atoms with E-state index < -0.39 is 5.97 Å². The van der Waals surface area contributed by atoms with Gasteiger partial charge >= 0.3 is 5.97 Å². The number of nitrogens with zero attached hydrogens (tertiary/aromatic N) is 3.